The van der Waals surface area contributed by atoms with Gasteiger partial charge in [0.25, 0.3) is 4.84 Å². The number of halogens is 1. The van der Waals surface area contributed by atoms with E-state index in [0.717, 1.165) is 34.7 Å². The van der Waals surface area contributed by atoms with Crippen molar-refractivity contribution in [1.82, 2.24) is 14.6 Å². The fraction of sp³-hybridized carbons (Fsp3) is 0.333. The molecule has 7 heteroatoms. The van der Waals surface area contributed by atoms with Gasteiger partial charge in [0, 0.05) is 17.1 Å². The third-order valence-electron chi connectivity index (χ3n) is 3.62. The summed E-state index contributed by atoms with van der Waals surface area (Å²) in [5.74, 6) is 0.841. The van der Waals surface area contributed by atoms with Crippen LogP contribution in [-0.4, -0.2) is 21.7 Å². The Morgan fingerprint density at radius 1 is 1.36 bits per heavy atom. The summed E-state index contributed by atoms with van der Waals surface area (Å²) in [6.07, 6.45) is 0. The first-order chi connectivity index (χ1) is 10.5. The number of hydrogen-bond acceptors (Lipinski definition) is 5. The number of aryl methyl sites for hydroxylation is 2. The first kappa shape index (κ1) is 15.3. The molecule has 0 bridgehead atoms. The van der Waals surface area contributed by atoms with E-state index in [4.69, 9.17) is 32.8 Å². The van der Waals surface area contributed by atoms with Gasteiger partial charge in [0.1, 0.15) is 5.76 Å². The second-order valence-corrected chi connectivity index (χ2v) is 6.15. The Morgan fingerprint density at radius 2 is 2.14 bits per heavy atom. The van der Waals surface area contributed by atoms with Crippen molar-refractivity contribution in [3.05, 3.63) is 45.1 Å². The summed E-state index contributed by atoms with van der Waals surface area (Å²) in [4.78, 5) is 2.56. The van der Waals surface area contributed by atoms with Gasteiger partial charge in [0.05, 0.1) is 17.9 Å². The highest BCUT2D eigenvalue weighted by Gasteiger charge is 2.14. The maximum Gasteiger partial charge on any atom is 0.270 e. The third kappa shape index (κ3) is 2.82. The normalized spacial score (nSPS) is 11.7. The Kier molecular flexibility index (Phi) is 4.08. The Morgan fingerprint density at radius 3 is 2.82 bits per heavy atom. The summed E-state index contributed by atoms with van der Waals surface area (Å²) in [6.45, 7) is 5.17. The topological polar surface area (TPSA) is 47.3 Å². The molecular weight excluding hydrogens is 322 g/mol. The summed E-state index contributed by atoms with van der Waals surface area (Å²) >= 11 is 11.4. The van der Waals surface area contributed by atoms with Crippen molar-refractivity contribution in [2.75, 3.05) is 7.05 Å². The predicted molar refractivity (Wildman–Crippen MR) is 87.5 cm³/mol. The molecule has 0 radical (unpaired) electrons. The van der Waals surface area contributed by atoms with E-state index in [-0.39, 0.29) is 0 Å². The second-order valence-electron chi connectivity index (χ2n) is 5.37. The summed E-state index contributed by atoms with van der Waals surface area (Å²) in [6, 6.07) is 5.48. The predicted octanol–water partition coefficient (Wildman–Crippen LogP) is 4.31. The SMILES string of the molecule is Cc1noc(C)c1CN(C)Cn1c(=S)oc2ccc(Cl)cc21. The van der Waals surface area contributed by atoms with Gasteiger partial charge in [-0.05, 0) is 51.3 Å². The van der Waals surface area contributed by atoms with Gasteiger partial charge < -0.3 is 8.94 Å². The molecule has 3 rings (SSSR count). The Balaban J connectivity index is 1.88. The Hall–Kier alpha value is -1.63. The minimum absolute atomic E-state index is 0.433. The molecule has 22 heavy (non-hydrogen) atoms. The van der Waals surface area contributed by atoms with Crippen LogP contribution in [0.25, 0.3) is 11.1 Å². The summed E-state index contributed by atoms with van der Waals surface area (Å²) in [5, 5.41) is 4.64. The van der Waals surface area contributed by atoms with Crippen LogP contribution >= 0.6 is 23.8 Å². The van der Waals surface area contributed by atoms with Crippen molar-refractivity contribution < 1.29 is 8.94 Å². The second kappa shape index (κ2) is 5.87. The molecular formula is C15H16ClN3O2S. The molecule has 5 nitrogen and oxygen atoms in total. The van der Waals surface area contributed by atoms with Crippen molar-refractivity contribution in [2.24, 2.45) is 0 Å². The number of fused-ring (bicyclic) bond motifs is 1. The van der Waals surface area contributed by atoms with Crippen LogP contribution in [0.5, 0.6) is 0 Å². The number of hydrogen-bond donors (Lipinski definition) is 0. The van der Waals surface area contributed by atoms with E-state index in [1.807, 2.05) is 37.6 Å². The molecule has 0 aliphatic carbocycles. The van der Waals surface area contributed by atoms with Gasteiger partial charge in [-0.2, -0.15) is 0 Å². The zero-order chi connectivity index (χ0) is 15.9. The molecule has 0 saturated heterocycles. The molecule has 0 amide bonds. The van der Waals surface area contributed by atoms with Crippen LogP contribution in [0, 0.1) is 18.7 Å². The number of rotatable bonds is 4. The highest BCUT2D eigenvalue weighted by molar-refractivity contribution is 7.71. The quantitative estimate of drug-likeness (QED) is 0.664. The molecule has 2 aromatic heterocycles. The average molecular weight is 338 g/mol. The van der Waals surface area contributed by atoms with Crippen LogP contribution in [0.3, 0.4) is 0 Å². The van der Waals surface area contributed by atoms with Gasteiger partial charge in [0.15, 0.2) is 5.58 Å². The molecule has 2 heterocycles. The molecule has 0 spiro atoms. The van der Waals surface area contributed by atoms with Crippen molar-refractivity contribution in [1.29, 1.82) is 0 Å². The zero-order valence-electron chi connectivity index (χ0n) is 12.6. The average Bonchev–Trinajstić information content (AvgIpc) is 2.94. The Bertz CT molecular complexity index is 861. The van der Waals surface area contributed by atoms with E-state index in [2.05, 4.69) is 10.1 Å². The summed E-state index contributed by atoms with van der Waals surface area (Å²) < 4.78 is 12.7. The van der Waals surface area contributed by atoms with E-state index in [9.17, 15) is 0 Å². The summed E-state index contributed by atoms with van der Waals surface area (Å²) in [7, 11) is 2.01. The molecule has 0 unspecified atom stereocenters. The number of benzene rings is 1. The van der Waals surface area contributed by atoms with E-state index < -0.39 is 0 Å². The monoisotopic (exact) mass is 337 g/mol. The highest BCUT2D eigenvalue weighted by Crippen LogP contribution is 2.22. The largest absolute Gasteiger partial charge is 0.429 e. The van der Waals surface area contributed by atoms with Gasteiger partial charge in [0.2, 0.25) is 0 Å². The molecule has 116 valence electrons. The van der Waals surface area contributed by atoms with Crippen molar-refractivity contribution >= 4 is 34.9 Å². The van der Waals surface area contributed by atoms with Crippen LogP contribution in [0.2, 0.25) is 5.02 Å². The van der Waals surface area contributed by atoms with E-state index in [1.54, 1.807) is 6.07 Å². The standard InChI is InChI=1S/C15H16ClN3O2S/c1-9-12(10(2)21-17-9)7-18(3)8-19-13-6-11(16)4-5-14(13)20-15(19)22/h4-6H,7-8H2,1-3H3. The van der Waals surface area contributed by atoms with Crippen LogP contribution in [-0.2, 0) is 13.2 Å². The molecule has 1 aromatic carbocycles. The minimum Gasteiger partial charge on any atom is -0.429 e. The van der Waals surface area contributed by atoms with Gasteiger partial charge >= 0.3 is 0 Å². The molecule has 0 N–H and O–H groups in total. The maximum atomic E-state index is 6.07. The number of nitrogens with zero attached hydrogens (tertiary/aromatic N) is 3. The molecule has 0 fully saturated rings. The van der Waals surface area contributed by atoms with E-state index >= 15 is 0 Å². The first-order valence-corrected chi connectivity index (χ1v) is 7.63. The molecule has 0 aliphatic heterocycles. The molecule has 3 aromatic rings. The summed E-state index contributed by atoms with van der Waals surface area (Å²) in [5.41, 5.74) is 3.64. The van der Waals surface area contributed by atoms with Gasteiger partial charge in [-0.25, -0.2) is 0 Å². The smallest absolute Gasteiger partial charge is 0.270 e. The van der Waals surface area contributed by atoms with Crippen LogP contribution in [0.15, 0.2) is 27.1 Å². The lowest BCUT2D eigenvalue weighted by Crippen LogP contribution is -2.22. The maximum absolute atomic E-state index is 6.07. The lowest BCUT2D eigenvalue weighted by Gasteiger charge is -2.17. The highest BCUT2D eigenvalue weighted by atomic mass is 35.5. The van der Waals surface area contributed by atoms with Gasteiger partial charge in [-0.1, -0.05) is 16.8 Å². The van der Waals surface area contributed by atoms with Crippen LogP contribution < -0.4 is 0 Å². The lowest BCUT2D eigenvalue weighted by atomic mass is 10.2. The molecule has 0 saturated carbocycles. The van der Waals surface area contributed by atoms with E-state index in [0.29, 0.717) is 16.5 Å². The fourth-order valence-electron chi connectivity index (χ4n) is 2.46. The van der Waals surface area contributed by atoms with Crippen LogP contribution in [0.1, 0.15) is 17.0 Å². The van der Waals surface area contributed by atoms with Crippen molar-refractivity contribution in [3.8, 4) is 0 Å². The molecule has 0 atom stereocenters. The van der Waals surface area contributed by atoms with Crippen LogP contribution in [0.4, 0.5) is 0 Å². The fourth-order valence-corrected chi connectivity index (χ4v) is 2.87. The van der Waals surface area contributed by atoms with Crippen molar-refractivity contribution in [2.45, 2.75) is 27.1 Å². The van der Waals surface area contributed by atoms with Gasteiger partial charge in [-0.3, -0.25) is 9.47 Å². The molecule has 0 aliphatic rings. The number of aromatic nitrogens is 2. The lowest BCUT2D eigenvalue weighted by molar-refractivity contribution is 0.255. The minimum atomic E-state index is 0.433. The van der Waals surface area contributed by atoms with Crippen molar-refractivity contribution in [3.63, 3.8) is 0 Å². The Labute approximate surface area is 138 Å². The number of oxazole rings is 1. The first-order valence-electron chi connectivity index (χ1n) is 6.85. The zero-order valence-corrected chi connectivity index (χ0v) is 14.2. The van der Waals surface area contributed by atoms with E-state index in [1.165, 1.54) is 0 Å². The van der Waals surface area contributed by atoms with Gasteiger partial charge in [-0.15, -0.1) is 0 Å². The third-order valence-corrected chi connectivity index (χ3v) is 4.16.